The Morgan fingerprint density at radius 2 is 1.69 bits per heavy atom. The van der Waals surface area contributed by atoms with Gasteiger partial charge >= 0.3 is 13.7 Å². The van der Waals surface area contributed by atoms with Crippen LogP contribution in [0.15, 0.2) is 66.7 Å². The largest absolute Gasteiger partial charge is 0.464 e. The van der Waals surface area contributed by atoms with E-state index in [0.29, 0.717) is 18.6 Å². The molecule has 0 aliphatic carbocycles. The van der Waals surface area contributed by atoms with E-state index in [1.807, 2.05) is 82.3 Å². The van der Waals surface area contributed by atoms with Gasteiger partial charge in [-0.25, -0.2) is 4.57 Å². The molecule has 0 heterocycles. The van der Waals surface area contributed by atoms with Gasteiger partial charge in [-0.15, -0.1) is 0 Å². The zero-order chi connectivity index (χ0) is 28.7. The number of rotatable bonds is 13. The van der Waals surface area contributed by atoms with Gasteiger partial charge in [0.15, 0.2) is 0 Å². The number of ether oxygens (including phenoxy) is 1. The highest BCUT2D eigenvalue weighted by Crippen LogP contribution is 2.47. The fourth-order valence-electron chi connectivity index (χ4n) is 3.76. The van der Waals surface area contributed by atoms with E-state index in [-0.39, 0.29) is 18.6 Å². The summed E-state index contributed by atoms with van der Waals surface area (Å²) in [4.78, 5) is 12.7. The summed E-state index contributed by atoms with van der Waals surface area (Å²) < 4.78 is 31.3. The summed E-state index contributed by atoms with van der Waals surface area (Å²) in [5.74, 6) is -0.263. The second kappa shape index (κ2) is 13.1. The van der Waals surface area contributed by atoms with Crippen molar-refractivity contribution in [1.82, 2.24) is 5.09 Å². The van der Waals surface area contributed by atoms with Crippen molar-refractivity contribution in [2.24, 2.45) is 11.1 Å². The first-order chi connectivity index (χ1) is 18.3. The topological polar surface area (TPSA) is 120 Å². The van der Waals surface area contributed by atoms with E-state index in [2.05, 4.69) is 5.09 Å². The van der Waals surface area contributed by atoms with Gasteiger partial charge in [-0.05, 0) is 49.1 Å². The van der Waals surface area contributed by atoms with Crippen molar-refractivity contribution in [1.29, 1.82) is 0 Å². The smallest absolute Gasteiger partial charge is 0.459 e. The van der Waals surface area contributed by atoms with Crippen LogP contribution in [0.25, 0.3) is 10.8 Å². The van der Waals surface area contributed by atoms with Crippen molar-refractivity contribution in [3.8, 4) is 5.75 Å². The lowest BCUT2D eigenvalue weighted by Crippen LogP contribution is -2.49. The standard InChI is InChI=1S/C30H41N2O6P/c1-22-13-15-24(16-14-22)17-18-30(31,19-33)21-37-39(35,32-23(2)28(34)36-20-29(3,4)5)38-27-12-8-10-25-9-6-7-11-26(25)27/h6-16,23,33H,17-21,31H2,1-5H3,(H,32,35)/t23-,30?,39?/m1/s1. The van der Waals surface area contributed by atoms with E-state index in [1.165, 1.54) is 6.92 Å². The number of carbonyl (C=O) groups excluding carboxylic acids is 1. The molecule has 0 aromatic heterocycles. The number of hydrogen-bond acceptors (Lipinski definition) is 7. The number of fused-ring (bicyclic) bond motifs is 1. The Labute approximate surface area is 231 Å². The normalized spacial score (nSPS) is 15.8. The van der Waals surface area contributed by atoms with Crippen LogP contribution in [0.1, 0.15) is 45.2 Å². The number of aliphatic hydroxyl groups excluding tert-OH is 1. The highest BCUT2D eigenvalue weighted by atomic mass is 31.2. The average Bonchev–Trinajstić information content (AvgIpc) is 2.90. The zero-order valence-corrected chi connectivity index (χ0v) is 24.4. The number of aliphatic hydroxyl groups is 1. The van der Waals surface area contributed by atoms with Gasteiger partial charge in [-0.3, -0.25) is 9.32 Å². The molecule has 2 unspecified atom stereocenters. The summed E-state index contributed by atoms with van der Waals surface area (Å²) >= 11 is 0. The molecule has 4 N–H and O–H groups in total. The lowest BCUT2D eigenvalue weighted by atomic mass is 9.94. The van der Waals surface area contributed by atoms with Crippen LogP contribution in [0.3, 0.4) is 0 Å². The number of hydrogen-bond donors (Lipinski definition) is 3. The number of nitrogens with one attached hydrogen (secondary N) is 1. The third-order valence-electron chi connectivity index (χ3n) is 6.19. The second-order valence-corrected chi connectivity index (χ2v) is 13.1. The van der Waals surface area contributed by atoms with Gasteiger partial charge in [0.1, 0.15) is 11.8 Å². The predicted molar refractivity (Wildman–Crippen MR) is 155 cm³/mol. The van der Waals surface area contributed by atoms with Crippen molar-refractivity contribution in [2.75, 3.05) is 19.8 Å². The van der Waals surface area contributed by atoms with Gasteiger partial charge in [0.25, 0.3) is 0 Å². The maximum atomic E-state index is 14.1. The van der Waals surface area contributed by atoms with Crippen LogP contribution < -0.4 is 15.3 Å². The maximum Gasteiger partial charge on any atom is 0.459 e. The van der Waals surface area contributed by atoms with Crippen LogP contribution >= 0.6 is 7.75 Å². The molecule has 0 spiro atoms. The summed E-state index contributed by atoms with van der Waals surface area (Å²) in [7, 11) is -4.17. The molecule has 3 rings (SSSR count). The SMILES string of the molecule is Cc1ccc(CCC(N)(CO)COP(=O)(N[C@H](C)C(=O)OCC(C)(C)C)Oc2cccc3ccccc23)cc1. The summed E-state index contributed by atoms with van der Waals surface area (Å²) in [6.07, 6.45) is 0.974. The molecule has 3 aromatic rings. The first kappa shape index (κ1) is 30.8. The van der Waals surface area contributed by atoms with E-state index in [0.717, 1.165) is 21.9 Å². The summed E-state index contributed by atoms with van der Waals surface area (Å²) in [5, 5.41) is 14.5. The van der Waals surface area contributed by atoms with Gasteiger partial charge in [0, 0.05) is 5.39 Å². The van der Waals surface area contributed by atoms with Gasteiger partial charge in [0.2, 0.25) is 0 Å². The first-order valence-corrected chi connectivity index (χ1v) is 14.7. The molecule has 9 heteroatoms. The van der Waals surface area contributed by atoms with Crippen LogP contribution in [0, 0.1) is 12.3 Å². The molecule has 212 valence electrons. The van der Waals surface area contributed by atoms with E-state index in [9.17, 15) is 14.5 Å². The van der Waals surface area contributed by atoms with E-state index < -0.39 is 31.9 Å². The zero-order valence-electron chi connectivity index (χ0n) is 23.5. The van der Waals surface area contributed by atoms with E-state index in [4.69, 9.17) is 19.5 Å². The van der Waals surface area contributed by atoms with Crippen molar-refractivity contribution in [2.45, 2.75) is 59.0 Å². The molecule has 0 saturated carbocycles. The molecule has 39 heavy (non-hydrogen) atoms. The Kier molecular flexibility index (Phi) is 10.3. The third kappa shape index (κ3) is 9.45. The molecule has 0 aliphatic rings. The van der Waals surface area contributed by atoms with Gasteiger partial charge in [-0.1, -0.05) is 87.0 Å². The quantitative estimate of drug-likeness (QED) is 0.185. The molecule has 3 atom stereocenters. The molecule has 0 amide bonds. The molecular weight excluding hydrogens is 515 g/mol. The first-order valence-electron chi connectivity index (χ1n) is 13.1. The molecule has 8 nitrogen and oxygen atoms in total. The Morgan fingerprint density at radius 1 is 1.03 bits per heavy atom. The fourth-order valence-corrected chi connectivity index (χ4v) is 5.36. The van der Waals surface area contributed by atoms with Crippen molar-refractivity contribution in [3.63, 3.8) is 0 Å². The number of carbonyl (C=O) groups is 1. The van der Waals surface area contributed by atoms with Gasteiger partial charge < -0.3 is 20.1 Å². The Balaban J connectivity index is 1.80. The summed E-state index contributed by atoms with van der Waals surface area (Å²) in [6, 6.07) is 19.9. The molecular formula is C30H41N2O6P. The Hall–Kier alpha value is -2.74. The Bertz CT molecular complexity index is 1290. The van der Waals surface area contributed by atoms with Crippen LogP contribution in [0.2, 0.25) is 0 Å². The predicted octanol–water partition coefficient (Wildman–Crippen LogP) is 5.54. The second-order valence-electron chi connectivity index (χ2n) is 11.4. The lowest BCUT2D eigenvalue weighted by molar-refractivity contribution is -0.148. The van der Waals surface area contributed by atoms with Crippen molar-refractivity contribution in [3.05, 3.63) is 77.9 Å². The van der Waals surface area contributed by atoms with Crippen LogP contribution in [-0.2, 0) is 25.0 Å². The molecule has 0 bridgehead atoms. The number of benzene rings is 3. The van der Waals surface area contributed by atoms with Crippen LogP contribution in [-0.4, -0.2) is 42.5 Å². The molecule has 0 fully saturated rings. The minimum Gasteiger partial charge on any atom is -0.464 e. The molecule has 0 saturated heterocycles. The van der Waals surface area contributed by atoms with Gasteiger partial charge in [-0.2, -0.15) is 5.09 Å². The fraction of sp³-hybridized carbons (Fsp3) is 0.433. The van der Waals surface area contributed by atoms with Gasteiger partial charge in [0.05, 0.1) is 25.4 Å². The average molecular weight is 557 g/mol. The van der Waals surface area contributed by atoms with Crippen LogP contribution in [0.5, 0.6) is 5.75 Å². The number of aryl methyl sites for hydroxylation is 2. The number of esters is 1. The highest BCUT2D eigenvalue weighted by molar-refractivity contribution is 7.52. The van der Waals surface area contributed by atoms with E-state index in [1.54, 1.807) is 12.1 Å². The van der Waals surface area contributed by atoms with E-state index >= 15 is 0 Å². The van der Waals surface area contributed by atoms with Crippen LogP contribution in [0.4, 0.5) is 0 Å². The van der Waals surface area contributed by atoms with Crippen molar-refractivity contribution < 1.29 is 28.3 Å². The highest BCUT2D eigenvalue weighted by Gasteiger charge is 2.36. The Morgan fingerprint density at radius 3 is 2.36 bits per heavy atom. The minimum atomic E-state index is -4.17. The monoisotopic (exact) mass is 556 g/mol. The molecule has 0 aliphatic heterocycles. The molecule has 0 radical (unpaired) electrons. The lowest BCUT2D eigenvalue weighted by Gasteiger charge is -2.30. The summed E-state index contributed by atoms with van der Waals surface area (Å²) in [5.41, 5.74) is 7.27. The molecule has 3 aromatic carbocycles. The third-order valence-corrected chi connectivity index (χ3v) is 7.80. The number of nitrogens with two attached hydrogens (primary N) is 1. The minimum absolute atomic E-state index is 0.197. The summed E-state index contributed by atoms with van der Waals surface area (Å²) in [6.45, 7) is 8.92. The maximum absolute atomic E-state index is 14.1. The van der Waals surface area contributed by atoms with Crippen molar-refractivity contribution >= 4 is 24.5 Å².